The Balaban J connectivity index is 1.68. The molecule has 0 radical (unpaired) electrons. The van der Waals surface area contributed by atoms with Gasteiger partial charge in [0.05, 0.1) is 6.33 Å². The molecule has 0 aliphatic rings. The first-order valence-electron chi connectivity index (χ1n) is 6.56. The monoisotopic (exact) mass is 288 g/mol. The number of rotatable bonds is 7. The minimum atomic E-state index is -1.06. The van der Waals surface area contributed by atoms with Gasteiger partial charge in [0.2, 0.25) is 5.91 Å². The minimum absolute atomic E-state index is 0.000913. The first kappa shape index (κ1) is 14.7. The zero-order chi connectivity index (χ0) is 15.1. The van der Waals surface area contributed by atoms with Crippen LogP contribution in [0.5, 0.6) is 0 Å². The summed E-state index contributed by atoms with van der Waals surface area (Å²) in [6.07, 6.45) is 7.35. The predicted octanol–water partition coefficient (Wildman–Crippen LogP) is 0.725. The van der Waals surface area contributed by atoms with Gasteiger partial charge in [0, 0.05) is 38.1 Å². The lowest BCUT2D eigenvalue weighted by Crippen LogP contribution is -2.27. The second kappa shape index (κ2) is 7.18. The lowest BCUT2D eigenvalue weighted by molar-refractivity contribution is -0.121. The van der Waals surface area contributed by atoms with Crippen molar-refractivity contribution in [2.24, 2.45) is 0 Å². The highest BCUT2D eigenvalue weighted by Gasteiger charge is 2.06. The molecule has 1 amide bonds. The number of aromatic nitrogens is 3. The van der Waals surface area contributed by atoms with Crippen molar-refractivity contribution in [3.8, 4) is 0 Å². The average molecular weight is 288 g/mol. The summed E-state index contributed by atoms with van der Waals surface area (Å²) in [7, 11) is 0. The molecule has 0 unspecified atom stereocenters. The molecule has 0 aliphatic heterocycles. The Kier molecular flexibility index (Phi) is 5.03. The fraction of sp³-hybridized carbons (Fsp3) is 0.286. The second-order valence-electron chi connectivity index (χ2n) is 4.51. The van der Waals surface area contributed by atoms with Gasteiger partial charge < -0.3 is 15.0 Å². The maximum atomic E-state index is 11.7. The van der Waals surface area contributed by atoms with Crippen molar-refractivity contribution < 1.29 is 14.7 Å². The third kappa shape index (κ3) is 4.72. The number of aryl methyl sites for hydroxylation is 1. The fourth-order valence-electron chi connectivity index (χ4n) is 1.81. The number of nitrogens with one attached hydrogen (secondary N) is 1. The Bertz CT molecular complexity index is 610. The van der Waals surface area contributed by atoms with Crippen molar-refractivity contribution in [2.45, 2.75) is 19.4 Å². The Hall–Kier alpha value is -2.70. The van der Waals surface area contributed by atoms with Gasteiger partial charge in [-0.15, -0.1) is 0 Å². The van der Waals surface area contributed by atoms with Gasteiger partial charge in [-0.1, -0.05) is 0 Å². The van der Waals surface area contributed by atoms with Crippen LogP contribution in [-0.2, 0) is 17.8 Å². The number of carboxylic acid groups (broad SMARTS) is 1. The van der Waals surface area contributed by atoms with Crippen LogP contribution in [0, 0.1) is 0 Å². The van der Waals surface area contributed by atoms with E-state index >= 15 is 0 Å². The van der Waals surface area contributed by atoms with Crippen LogP contribution in [0.4, 0.5) is 0 Å². The maximum Gasteiger partial charge on any atom is 0.356 e. The topological polar surface area (TPSA) is 97.1 Å². The number of carboxylic acids is 1. The van der Waals surface area contributed by atoms with Crippen LogP contribution < -0.4 is 5.32 Å². The molecule has 0 saturated heterocycles. The van der Waals surface area contributed by atoms with Crippen LogP contribution in [-0.4, -0.2) is 38.1 Å². The van der Waals surface area contributed by atoms with Crippen molar-refractivity contribution in [2.75, 3.05) is 6.54 Å². The van der Waals surface area contributed by atoms with Crippen molar-refractivity contribution in [3.63, 3.8) is 0 Å². The van der Waals surface area contributed by atoms with Crippen molar-refractivity contribution in [1.82, 2.24) is 19.9 Å². The maximum absolute atomic E-state index is 11.7. The largest absolute Gasteiger partial charge is 0.476 e. The van der Waals surface area contributed by atoms with Crippen molar-refractivity contribution in [1.29, 1.82) is 0 Å². The lowest BCUT2D eigenvalue weighted by atomic mass is 10.1. The minimum Gasteiger partial charge on any atom is -0.476 e. The van der Waals surface area contributed by atoms with Gasteiger partial charge in [-0.3, -0.25) is 9.78 Å². The molecule has 0 aliphatic carbocycles. The van der Waals surface area contributed by atoms with Gasteiger partial charge in [0.15, 0.2) is 5.69 Å². The summed E-state index contributed by atoms with van der Waals surface area (Å²) in [5.74, 6) is -1.10. The normalized spacial score (nSPS) is 10.3. The Morgan fingerprint density at radius 3 is 2.71 bits per heavy atom. The van der Waals surface area contributed by atoms with E-state index in [9.17, 15) is 9.59 Å². The molecule has 2 N–H and O–H groups in total. The summed E-state index contributed by atoms with van der Waals surface area (Å²) >= 11 is 0. The van der Waals surface area contributed by atoms with Gasteiger partial charge >= 0.3 is 5.97 Å². The van der Waals surface area contributed by atoms with Crippen LogP contribution in [0.15, 0.2) is 37.1 Å². The molecule has 2 rings (SSSR count). The molecular weight excluding hydrogens is 272 g/mol. The molecule has 0 spiro atoms. The van der Waals surface area contributed by atoms with E-state index in [1.807, 2.05) is 12.1 Å². The van der Waals surface area contributed by atoms with Crippen LogP contribution in [0.1, 0.15) is 22.5 Å². The third-order valence-corrected chi connectivity index (χ3v) is 2.93. The molecule has 7 nitrogen and oxygen atoms in total. The molecule has 7 heteroatoms. The summed E-state index contributed by atoms with van der Waals surface area (Å²) in [4.78, 5) is 30.0. The molecule has 2 aromatic rings. The number of aromatic carboxylic acids is 1. The quantitative estimate of drug-likeness (QED) is 0.782. The molecule has 0 fully saturated rings. The first-order chi connectivity index (χ1) is 10.1. The van der Waals surface area contributed by atoms with Gasteiger partial charge in [0.1, 0.15) is 0 Å². The van der Waals surface area contributed by atoms with Crippen LogP contribution in [0.3, 0.4) is 0 Å². The van der Waals surface area contributed by atoms with Gasteiger partial charge in [0.25, 0.3) is 0 Å². The van der Waals surface area contributed by atoms with E-state index in [-0.39, 0.29) is 11.6 Å². The van der Waals surface area contributed by atoms with E-state index in [2.05, 4.69) is 15.3 Å². The van der Waals surface area contributed by atoms with Gasteiger partial charge in [-0.25, -0.2) is 9.78 Å². The zero-order valence-electron chi connectivity index (χ0n) is 11.4. The number of amides is 1. The van der Waals surface area contributed by atoms with Crippen molar-refractivity contribution >= 4 is 11.9 Å². The number of hydrogen-bond acceptors (Lipinski definition) is 4. The van der Waals surface area contributed by atoms with E-state index in [0.717, 1.165) is 5.56 Å². The second-order valence-corrected chi connectivity index (χ2v) is 4.51. The van der Waals surface area contributed by atoms with Crippen LogP contribution >= 0.6 is 0 Å². The van der Waals surface area contributed by atoms with E-state index in [4.69, 9.17) is 5.11 Å². The average Bonchev–Trinajstić information content (AvgIpc) is 2.95. The molecule has 2 heterocycles. The number of nitrogens with zero attached hydrogens (tertiary/aromatic N) is 3. The predicted molar refractivity (Wildman–Crippen MR) is 74.8 cm³/mol. The summed E-state index contributed by atoms with van der Waals surface area (Å²) < 4.78 is 1.63. The Labute approximate surface area is 121 Å². The molecule has 0 aromatic carbocycles. The summed E-state index contributed by atoms with van der Waals surface area (Å²) in [6, 6.07) is 3.76. The number of carbonyl (C=O) groups is 2. The van der Waals surface area contributed by atoms with Crippen LogP contribution in [0.2, 0.25) is 0 Å². The number of carbonyl (C=O) groups excluding carboxylic acids is 1. The van der Waals surface area contributed by atoms with Gasteiger partial charge in [-0.2, -0.15) is 0 Å². The standard InChI is InChI=1S/C14H16N4O3/c19-13(2-1-11-3-5-15-6-4-11)16-7-8-18-9-12(14(20)21)17-10-18/h3-6,9-10H,1-2,7-8H2,(H,16,19)(H,20,21). The number of imidazole rings is 1. The van der Waals surface area contributed by atoms with E-state index in [0.29, 0.717) is 25.9 Å². The SMILES string of the molecule is O=C(CCc1ccncc1)NCCn1cnc(C(=O)O)c1. The molecule has 0 bridgehead atoms. The Morgan fingerprint density at radius 1 is 1.29 bits per heavy atom. The first-order valence-corrected chi connectivity index (χ1v) is 6.56. The Morgan fingerprint density at radius 2 is 2.05 bits per heavy atom. The molecule has 0 atom stereocenters. The lowest BCUT2D eigenvalue weighted by Gasteiger charge is -2.05. The molecular formula is C14H16N4O3. The number of hydrogen-bond donors (Lipinski definition) is 2. The van der Waals surface area contributed by atoms with E-state index < -0.39 is 5.97 Å². The molecule has 0 saturated carbocycles. The van der Waals surface area contributed by atoms with E-state index in [1.165, 1.54) is 12.5 Å². The molecule has 2 aromatic heterocycles. The fourth-order valence-corrected chi connectivity index (χ4v) is 1.81. The van der Waals surface area contributed by atoms with Crippen molar-refractivity contribution in [3.05, 3.63) is 48.3 Å². The third-order valence-electron chi connectivity index (χ3n) is 2.93. The smallest absolute Gasteiger partial charge is 0.356 e. The number of pyridine rings is 1. The zero-order valence-corrected chi connectivity index (χ0v) is 11.4. The highest BCUT2D eigenvalue weighted by atomic mass is 16.4. The highest BCUT2D eigenvalue weighted by Crippen LogP contribution is 2.00. The van der Waals surface area contributed by atoms with Crippen LogP contribution in [0.25, 0.3) is 0 Å². The van der Waals surface area contributed by atoms with E-state index in [1.54, 1.807) is 17.0 Å². The molecule has 21 heavy (non-hydrogen) atoms. The van der Waals surface area contributed by atoms with Gasteiger partial charge in [-0.05, 0) is 24.1 Å². The molecule has 110 valence electrons. The summed E-state index contributed by atoms with van der Waals surface area (Å²) in [5.41, 5.74) is 1.07. The summed E-state index contributed by atoms with van der Waals surface area (Å²) in [5, 5.41) is 11.5. The highest BCUT2D eigenvalue weighted by molar-refractivity contribution is 5.84. The summed E-state index contributed by atoms with van der Waals surface area (Å²) in [6.45, 7) is 0.922.